The molecule has 6 heteroatoms. The number of nitriles is 1. The number of hydrogen-bond donors (Lipinski definition) is 1. The van der Waals surface area contributed by atoms with Gasteiger partial charge in [-0.2, -0.15) is 5.26 Å². The Kier molecular flexibility index (Phi) is 4.43. The van der Waals surface area contributed by atoms with Crippen LogP contribution in [0.25, 0.3) is 6.08 Å². The van der Waals surface area contributed by atoms with E-state index in [0.717, 1.165) is 12.8 Å². The molecule has 1 aliphatic carbocycles. The van der Waals surface area contributed by atoms with Crippen LogP contribution >= 0.6 is 0 Å². The van der Waals surface area contributed by atoms with Gasteiger partial charge in [-0.3, -0.25) is 4.79 Å². The Morgan fingerprint density at radius 2 is 2.12 bits per heavy atom. The molecule has 0 saturated heterocycles. The molecule has 0 unspecified atom stereocenters. The van der Waals surface area contributed by atoms with E-state index in [9.17, 15) is 9.59 Å². The minimum atomic E-state index is -0.617. The second kappa shape index (κ2) is 6.84. The average molecular weight is 322 g/mol. The third kappa shape index (κ3) is 3.90. The summed E-state index contributed by atoms with van der Waals surface area (Å²) < 4.78 is 10.2. The number of amides is 1. The van der Waals surface area contributed by atoms with Crippen molar-refractivity contribution in [2.24, 2.45) is 0 Å². The van der Waals surface area contributed by atoms with Crippen LogP contribution in [0.5, 0.6) is 5.75 Å². The summed E-state index contributed by atoms with van der Waals surface area (Å²) in [6, 6.07) is 11.7. The number of hydrogen-bond acceptors (Lipinski definition) is 5. The van der Waals surface area contributed by atoms with Crippen LogP contribution in [0.15, 0.2) is 52.7 Å². The van der Waals surface area contributed by atoms with Gasteiger partial charge in [0.1, 0.15) is 17.4 Å². The molecular weight excluding hydrogens is 308 g/mol. The van der Waals surface area contributed by atoms with Crippen LogP contribution in [0.4, 0.5) is 0 Å². The molecule has 1 aromatic carbocycles. The topological polar surface area (TPSA) is 92.3 Å². The molecule has 2 aromatic rings. The first-order chi connectivity index (χ1) is 11.7. The van der Waals surface area contributed by atoms with Crippen molar-refractivity contribution in [1.29, 1.82) is 5.26 Å². The minimum absolute atomic E-state index is 0.0106. The molecule has 1 amide bonds. The van der Waals surface area contributed by atoms with E-state index >= 15 is 0 Å². The predicted octanol–water partition coefficient (Wildman–Crippen LogP) is 2.68. The maximum Gasteiger partial charge on any atom is 0.379 e. The van der Waals surface area contributed by atoms with Crippen LogP contribution in [0.1, 0.15) is 29.0 Å². The first kappa shape index (κ1) is 15.6. The van der Waals surface area contributed by atoms with Crippen molar-refractivity contribution in [3.8, 4) is 11.8 Å². The zero-order chi connectivity index (χ0) is 16.9. The average Bonchev–Trinajstić information content (AvgIpc) is 3.21. The number of nitrogens with zero attached hydrogens (tertiary/aromatic N) is 1. The summed E-state index contributed by atoms with van der Waals surface area (Å²) in [7, 11) is 0. The molecule has 1 fully saturated rings. The number of carbonyl (C=O) groups excluding carboxylic acids is 2. The molecule has 0 atom stereocenters. The number of ether oxygens (including phenoxy) is 1. The monoisotopic (exact) mass is 322 g/mol. The zero-order valence-corrected chi connectivity index (χ0v) is 12.7. The third-order valence-electron chi connectivity index (χ3n) is 3.38. The summed E-state index contributed by atoms with van der Waals surface area (Å²) in [5.74, 6) is -0.617. The molecule has 6 nitrogen and oxygen atoms in total. The van der Waals surface area contributed by atoms with Gasteiger partial charge in [0.2, 0.25) is 5.76 Å². The van der Waals surface area contributed by atoms with Crippen molar-refractivity contribution in [2.75, 3.05) is 0 Å². The van der Waals surface area contributed by atoms with Gasteiger partial charge in [-0.1, -0.05) is 12.1 Å². The Bertz CT molecular complexity index is 827. The fourth-order valence-electron chi connectivity index (χ4n) is 2.03. The van der Waals surface area contributed by atoms with E-state index in [1.807, 2.05) is 6.07 Å². The van der Waals surface area contributed by atoms with Crippen LogP contribution in [-0.2, 0) is 4.79 Å². The van der Waals surface area contributed by atoms with E-state index < -0.39 is 11.9 Å². The van der Waals surface area contributed by atoms with Crippen molar-refractivity contribution in [3.63, 3.8) is 0 Å². The van der Waals surface area contributed by atoms with Crippen LogP contribution < -0.4 is 10.1 Å². The van der Waals surface area contributed by atoms with E-state index in [1.165, 1.54) is 18.4 Å². The van der Waals surface area contributed by atoms with Gasteiger partial charge >= 0.3 is 5.97 Å². The molecule has 0 radical (unpaired) electrons. The molecule has 1 heterocycles. The molecule has 120 valence electrons. The number of furan rings is 1. The first-order valence-electron chi connectivity index (χ1n) is 7.44. The van der Waals surface area contributed by atoms with E-state index in [2.05, 4.69) is 5.32 Å². The van der Waals surface area contributed by atoms with E-state index in [-0.39, 0.29) is 17.4 Å². The number of benzene rings is 1. The van der Waals surface area contributed by atoms with Crippen molar-refractivity contribution < 1.29 is 18.7 Å². The van der Waals surface area contributed by atoms with Crippen molar-refractivity contribution in [1.82, 2.24) is 5.32 Å². The van der Waals surface area contributed by atoms with Crippen molar-refractivity contribution in [3.05, 3.63) is 59.6 Å². The summed E-state index contributed by atoms with van der Waals surface area (Å²) in [5.41, 5.74) is 0.596. The molecule has 0 spiro atoms. The van der Waals surface area contributed by atoms with Crippen LogP contribution in [0.2, 0.25) is 0 Å². The van der Waals surface area contributed by atoms with E-state index in [4.69, 9.17) is 14.4 Å². The number of rotatable bonds is 5. The lowest BCUT2D eigenvalue weighted by Crippen LogP contribution is -2.26. The lowest BCUT2D eigenvalue weighted by Gasteiger charge is -2.04. The molecule has 1 aromatic heterocycles. The highest BCUT2D eigenvalue weighted by molar-refractivity contribution is 6.02. The summed E-state index contributed by atoms with van der Waals surface area (Å²) in [5, 5.41) is 11.9. The maximum absolute atomic E-state index is 11.9. The fraction of sp³-hybridized carbons (Fsp3) is 0.167. The second-order valence-corrected chi connectivity index (χ2v) is 5.36. The van der Waals surface area contributed by atoms with Crippen LogP contribution in [-0.4, -0.2) is 17.9 Å². The smallest absolute Gasteiger partial charge is 0.379 e. The van der Waals surface area contributed by atoms with Crippen molar-refractivity contribution in [2.45, 2.75) is 18.9 Å². The lowest BCUT2D eigenvalue weighted by molar-refractivity contribution is -0.117. The van der Waals surface area contributed by atoms with Gasteiger partial charge in [-0.15, -0.1) is 0 Å². The molecule has 0 aliphatic heterocycles. The Hall–Kier alpha value is -3.33. The molecule has 1 saturated carbocycles. The summed E-state index contributed by atoms with van der Waals surface area (Å²) >= 11 is 0. The van der Waals surface area contributed by atoms with Crippen molar-refractivity contribution >= 4 is 18.0 Å². The SMILES string of the molecule is N#CC(=Cc1cccc(OC(=O)c2ccco2)c1)C(=O)NC1CC1. The standard InChI is InChI=1S/C18H14N2O4/c19-11-13(17(21)20-14-6-7-14)9-12-3-1-4-15(10-12)24-18(22)16-5-2-8-23-16/h1-5,8-10,14H,6-7H2,(H,20,21). The summed E-state index contributed by atoms with van der Waals surface area (Å²) in [6.07, 6.45) is 4.74. The highest BCUT2D eigenvalue weighted by atomic mass is 16.5. The Labute approximate surface area is 138 Å². The maximum atomic E-state index is 11.9. The van der Waals surface area contributed by atoms with Gasteiger partial charge in [-0.05, 0) is 48.7 Å². The number of esters is 1. The Morgan fingerprint density at radius 1 is 1.29 bits per heavy atom. The fourth-order valence-corrected chi connectivity index (χ4v) is 2.03. The van der Waals surface area contributed by atoms with Crippen LogP contribution in [0, 0.1) is 11.3 Å². The molecule has 3 rings (SSSR count). The molecule has 24 heavy (non-hydrogen) atoms. The number of nitrogens with one attached hydrogen (secondary N) is 1. The van der Waals surface area contributed by atoms with Gasteiger partial charge in [0.15, 0.2) is 0 Å². The first-order valence-corrected chi connectivity index (χ1v) is 7.44. The van der Waals surface area contributed by atoms with E-state index in [0.29, 0.717) is 11.3 Å². The zero-order valence-electron chi connectivity index (χ0n) is 12.7. The largest absolute Gasteiger partial charge is 0.457 e. The Morgan fingerprint density at radius 3 is 2.79 bits per heavy atom. The van der Waals surface area contributed by atoms with Gasteiger partial charge in [0, 0.05) is 6.04 Å². The second-order valence-electron chi connectivity index (χ2n) is 5.36. The molecular formula is C18H14N2O4. The quantitative estimate of drug-likeness (QED) is 0.395. The van der Waals surface area contributed by atoms with E-state index in [1.54, 1.807) is 30.3 Å². The molecule has 1 N–H and O–H groups in total. The minimum Gasteiger partial charge on any atom is -0.457 e. The van der Waals surface area contributed by atoms with Gasteiger partial charge in [0.25, 0.3) is 5.91 Å². The Balaban J connectivity index is 1.74. The molecule has 0 bridgehead atoms. The molecule has 1 aliphatic rings. The third-order valence-corrected chi connectivity index (χ3v) is 3.38. The summed E-state index contributed by atoms with van der Waals surface area (Å²) in [6.45, 7) is 0. The normalized spacial score (nSPS) is 13.9. The highest BCUT2D eigenvalue weighted by Gasteiger charge is 2.24. The lowest BCUT2D eigenvalue weighted by atomic mass is 10.1. The summed E-state index contributed by atoms with van der Waals surface area (Å²) in [4.78, 5) is 23.8. The van der Waals surface area contributed by atoms with Gasteiger partial charge < -0.3 is 14.5 Å². The van der Waals surface area contributed by atoms with Gasteiger partial charge in [-0.25, -0.2) is 4.79 Å². The van der Waals surface area contributed by atoms with Crippen LogP contribution in [0.3, 0.4) is 0 Å². The predicted molar refractivity (Wildman–Crippen MR) is 84.9 cm³/mol. The highest BCUT2D eigenvalue weighted by Crippen LogP contribution is 2.20. The van der Waals surface area contributed by atoms with Gasteiger partial charge in [0.05, 0.1) is 6.26 Å². The number of carbonyl (C=O) groups is 2.